The van der Waals surface area contributed by atoms with Gasteiger partial charge in [-0.1, -0.05) is 18.2 Å². The van der Waals surface area contributed by atoms with Gasteiger partial charge in [0.2, 0.25) is 0 Å². The molecule has 0 aliphatic rings. The highest BCUT2D eigenvalue weighted by molar-refractivity contribution is 7.78. The topological polar surface area (TPSA) is 29.4 Å². The van der Waals surface area contributed by atoms with E-state index in [-0.39, 0.29) is 5.91 Å². The molecule has 0 unspecified atom stereocenters. The lowest BCUT2D eigenvalue weighted by molar-refractivity contribution is 0.100. The molecule has 1 amide bonds. The molecule has 0 N–H and O–H groups in total. The number of benzene rings is 1. The molecule has 3 heteroatoms. The molecule has 1 aromatic rings. The Morgan fingerprint density at radius 3 is 2.38 bits per heavy atom. The average molecular weight is 191 g/mol. The van der Waals surface area contributed by atoms with Gasteiger partial charge in [-0.3, -0.25) is 4.79 Å². The minimum atomic E-state index is -0.314. The smallest absolute Gasteiger partial charge is 0.266 e. The standard InChI is InChI=1S/C10H9NOS/c1-7-4-3-5-8(2)9(7)10(12)11-6-13/h3-5H,1-2H3. The number of hydrogen-bond acceptors (Lipinski definition) is 2. The molecular formula is C10H9NOS. The summed E-state index contributed by atoms with van der Waals surface area (Å²) in [6.45, 7) is 3.75. The summed E-state index contributed by atoms with van der Waals surface area (Å²) in [7, 11) is 0. The number of carbonyl (C=O) groups is 1. The predicted octanol–water partition coefficient (Wildman–Crippen LogP) is 2.55. The molecule has 66 valence electrons. The van der Waals surface area contributed by atoms with Gasteiger partial charge in [0, 0.05) is 5.56 Å². The van der Waals surface area contributed by atoms with E-state index < -0.39 is 0 Å². The average Bonchev–Trinajstić information content (AvgIpc) is 2.04. The second-order valence-electron chi connectivity index (χ2n) is 2.78. The third kappa shape index (κ3) is 2.08. The summed E-state index contributed by atoms with van der Waals surface area (Å²) in [5, 5.41) is 2.08. The van der Waals surface area contributed by atoms with Crippen molar-refractivity contribution in [2.45, 2.75) is 13.8 Å². The number of nitrogens with zero attached hydrogens (tertiary/aromatic N) is 1. The van der Waals surface area contributed by atoms with Crippen LogP contribution in [0.3, 0.4) is 0 Å². The number of carbonyl (C=O) groups excluding carboxylic acids is 1. The quantitative estimate of drug-likeness (QED) is 0.504. The zero-order chi connectivity index (χ0) is 9.84. The maximum atomic E-state index is 11.4. The van der Waals surface area contributed by atoms with Crippen LogP contribution in [0.2, 0.25) is 0 Å². The summed E-state index contributed by atoms with van der Waals surface area (Å²) >= 11 is 4.38. The number of rotatable bonds is 1. The zero-order valence-electron chi connectivity index (χ0n) is 7.50. The third-order valence-electron chi connectivity index (χ3n) is 1.84. The number of aliphatic imine (C=N–C) groups is 1. The van der Waals surface area contributed by atoms with Crippen LogP contribution < -0.4 is 0 Å². The Hall–Kier alpha value is -1.31. The van der Waals surface area contributed by atoms with Crippen LogP contribution in [0, 0.1) is 13.8 Å². The van der Waals surface area contributed by atoms with Gasteiger partial charge in [-0.15, -0.1) is 0 Å². The van der Waals surface area contributed by atoms with E-state index in [1.807, 2.05) is 32.0 Å². The lowest BCUT2D eigenvalue weighted by Crippen LogP contribution is -2.00. The van der Waals surface area contributed by atoms with Crippen LogP contribution in [-0.4, -0.2) is 11.1 Å². The molecular weight excluding hydrogens is 182 g/mol. The van der Waals surface area contributed by atoms with Crippen molar-refractivity contribution in [2.75, 3.05) is 0 Å². The lowest BCUT2D eigenvalue weighted by Gasteiger charge is -2.03. The van der Waals surface area contributed by atoms with Crippen molar-refractivity contribution < 1.29 is 4.79 Å². The fourth-order valence-corrected chi connectivity index (χ4v) is 1.33. The minimum absolute atomic E-state index is 0.314. The monoisotopic (exact) mass is 191 g/mol. The van der Waals surface area contributed by atoms with Crippen LogP contribution in [0.15, 0.2) is 23.2 Å². The SMILES string of the molecule is Cc1cccc(C)c1C(=O)N=C=S. The summed E-state index contributed by atoms with van der Waals surface area (Å²) in [5.41, 5.74) is 2.46. The fraction of sp³-hybridized carbons (Fsp3) is 0.200. The molecule has 2 nitrogen and oxygen atoms in total. The van der Waals surface area contributed by atoms with Crippen molar-refractivity contribution in [1.82, 2.24) is 0 Å². The Labute approximate surface area is 82.3 Å². The molecule has 0 radical (unpaired) electrons. The molecule has 0 aliphatic carbocycles. The predicted molar refractivity (Wildman–Crippen MR) is 55.3 cm³/mol. The number of amides is 1. The molecule has 0 bridgehead atoms. The van der Waals surface area contributed by atoms with E-state index in [9.17, 15) is 4.79 Å². The molecule has 0 saturated heterocycles. The van der Waals surface area contributed by atoms with Gasteiger partial charge in [-0.25, -0.2) is 0 Å². The summed E-state index contributed by atoms with van der Waals surface area (Å²) in [4.78, 5) is 14.8. The Bertz CT molecular complexity index is 372. The van der Waals surface area contributed by atoms with Gasteiger partial charge >= 0.3 is 0 Å². The number of isothiocyanates is 1. The van der Waals surface area contributed by atoms with Crippen LogP contribution in [0.25, 0.3) is 0 Å². The minimum Gasteiger partial charge on any atom is -0.266 e. The van der Waals surface area contributed by atoms with Crippen LogP contribution in [0.4, 0.5) is 0 Å². The van der Waals surface area contributed by atoms with Crippen molar-refractivity contribution in [3.05, 3.63) is 34.9 Å². The van der Waals surface area contributed by atoms with Gasteiger partial charge in [0.1, 0.15) is 0 Å². The lowest BCUT2D eigenvalue weighted by atomic mass is 10.0. The van der Waals surface area contributed by atoms with Crippen molar-refractivity contribution in [2.24, 2.45) is 4.99 Å². The normalized spacial score (nSPS) is 9.08. The molecule has 0 aromatic heterocycles. The first-order chi connectivity index (χ1) is 6.16. The van der Waals surface area contributed by atoms with Gasteiger partial charge in [0.05, 0.1) is 5.16 Å². The summed E-state index contributed by atoms with van der Waals surface area (Å²) in [6.07, 6.45) is 0. The van der Waals surface area contributed by atoms with Gasteiger partial charge < -0.3 is 0 Å². The molecule has 1 aromatic carbocycles. The highest BCUT2D eigenvalue weighted by Gasteiger charge is 2.09. The van der Waals surface area contributed by atoms with Crippen LogP contribution in [0.1, 0.15) is 21.5 Å². The number of hydrogen-bond donors (Lipinski definition) is 0. The summed E-state index contributed by atoms with van der Waals surface area (Å²) in [5.74, 6) is -0.314. The fourth-order valence-electron chi connectivity index (χ4n) is 1.25. The molecule has 13 heavy (non-hydrogen) atoms. The highest BCUT2D eigenvalue weighted by atomic mass is 32.1. The Balaban J connectivity index is 3.27. The van der Waals surface area contributed by atoms with Crippen LogP contribution in [-0.2, 0) is 0 Å². The molecule has 0 spiro atoms. The van der Waals surface area contributed by atoms with E-state index in [0.29, 0.717) is 5.56 Å². The Kier molecular flexibility index (Phi) is 3.07. The molecule has 0 fully saturated rings. The summed E-state index contributed by atoms with van der Waals surface area (Å²) in [6, 6.07) is 5.65. The van der Waals surface area contributed by atoms with Crippen molar-refractivity contribution >= 4 is 23.3 Å². The molecule has 0 heterocycles. The first-order valence-corrected chi connectivity index (χ1v) is 4.26. The Morgan fingerprint density at radius 2 is 1.92 bits per heavy atom. The van der Waals surface area contributed by atoms with E-state index in [1.54, 1.807) is 0 Å². The van der Waals surface area contributed by atoms with Crippen molar-refractivity contribution in [1.29, 1.82) is 0 Å². The van der Waals surface area contributed by atoms with E-state index in [2.05, 4.69) is 22.4 Å². The van der Waals surface area contributed by atoms with E-state index in [4.69, 9.17) is 0 Å². The molecule has 0 atom stereocenters. The maximum absolute atomic E-state index is 11.4. The largest absolute Gasteiger partial charge is 0.286 e. The van der Waals surface area contributed by atoms with Gasteiger partial charge in [-0.05, 0) is 37.2 Å². The molecule has 0 aliphatic heterocycles. The van der Waals surface area contributed by atoms with Gasteiger partial charge in [0.15, 0.2) is 0 Å². The second kappa shape index (κ2) is 4.08. The van der Waals surface area contributed by atoms with Crippen LogP contribution in [0.5, 0.6) is 0 Å². The number of thiocarbonyl (C=S) groups is 1. The second-order valence-corrected chi connectivity index (χ2v) is 2.96. The van der Waals surface area contributed by atoms with E-state index in [0.717, 1.165) is 11.1 Å². The first-order valence-electron chi connectivity index (χ1n) is 3.85. The maximum Gasteiger partial charge on any atom is 0.286 e. The Morgan fingerprint density at radius 1 is 1.38 bits per heavy atom. The van der Waals surface area contributed by atoms with E-state index in [1.165, 1.54) is 0 Å². The van der Waals surface area contributed by atoms with Gasteiger partial charge in [-0.2, -0.15) is 4.99 Å². The summed E-state index contributed by atoms with van der Waals surface area (Å²) < 4.78 is 0. The first kappa shape index (κ1) is 9.78. The zero-order valence-corrected chi connectivity index (χ0v) is 8.31. The van der Waals surface area contributed by atoms with Gasteiger partial charge in [0.25, 0.3) is 5.91 Å². The van der Waals surface area contributed by atoms with Crippen molar-refractivity contribution in [3.63, 3.8) is 0 Å². The van der Waals surface area contributed by atoms with Crippen LogP contribution >= 0.6 is 12.2 Å². The number of aryl methyl sites for hydroxylation is 2. The molecule has 0 saturated carbocycles. The van der Waals surface area contributed by atoms with E-state index >= 15 is 0 Å². The van der Waals surface area contributed by atoms with Crippen molar-refractivity contribution in [3.8, 4) is 0 Å². The molecule has 1 rings (SSSR count). The highest BCUT2D eigenvalue weighted by Crippen LogP contribution is 2.13. The third-order valence-corrected chi connectivity index (χ3v) is 1.93.